The molecule has 7 aromatic carbocycles. The van der Waals surface area contributed by atoms with Crippen molar-refractivity contribution in [2.45, 2.75) is 6.92 Å². The van der Waals surface area contributed by atoms with Gasteiger partial charge in [-0.2, -0.15) is 0 Å². The highest BCUT2D eigenvalue weighted by Gasteiger charge is 2.15. The summed E-state index contributed by atoms with van der Waals surface area (Å²) in [7, 11) is 0. The standard InChI is InChI=1S/C41H27NS/c1-3-29-25(2)30-10-4-5-11-31(30)32-19-16-26(22-35(29)32)27-17-20-40-36(23-27)37-24-28(18-21-41(37)43-40)42-38-14-8-6-12-33(38)34-13-7-9-15-39(34)42/h3-24H,1H2,2H3. The molecule has 0 aliphatic heterocycles. The maximum atomic E-state index is 4.19. The highest BCUT2D eigenvalue weighted by atomic mass is 32.1. The normalized spacial score (nSPS) is 11.9. The molecule has 0 aliphatic carbocycles. The van der Waals surface area contributed by atoms with Crippen LogP contribution in [0.1, 0.15) is 11.1 Å². The zero-order chi connectivity index (χ0) is 28.7. The maximum Gasteiger partial charge on any atom is 0.0541 e. The Morgan fingerprint density at radius 3 is 1.74 bits per heavy atom. The van der Waals surface area contributed by atoms with Gasteiger partial charge in [0.15, 0.2) is 0 Å². The Labute approximate surface area is 253 Å². The summed E-state index contributed by atoms with van der Waals surface area (Å²) >= 11 is 1.87. The smallest absolute Gasteiger partial charge is 0.0541 e. The van der Waals surface area contributed by atoms with E-state index >= 15 is 0 Å². The van der Waals surface area contributed by atoms with E-state index in [1.165, 1.54) is 91.5 Å². The van der Waals surface area contributed by atoms with Crippen LogP contribution < -0.4 is 0 Å². The lowest BCUT2D eigenvalue weighted by molar-refractivity contribution is 1.19. The molecule has 9 rings (SSSR count). The highest BCUT2D eigenvalue weighted by Crippen LogP contribution is 2.41. The van der Waals surface area contributed by atoms with Crippen LogP contribution in [0.5, 0.6) is 0 Å². The van der Waals surface area contributed by atoms with Gasteiger partial charge in [0.1, 0.15) is 0 Å². The molecule has 0 unspecified atom stereocenters. The molecule has 0 bridgehead atoms. The molecule has 0 amide bonds. The minimum Gasteiger partial charge on any atom is -0.309 e. The van der Waals surface area contributed by atoms with Crippen LogP contribution in [0.3, 0.4) is 0 Å². The van der Waals surface area contributed by atoms with Crippen molar-refractivity contribution in [1.29, 1.82) is 0 Å². The number of aryl methyl sites for hydroxylation is 1. The first-order chi connectivity index (χ1) is 21.2. The Bertz CT molecular complexity index is 2540. The number of para-hydroxylation sites is 2. The largest absolute Gasteiger partial charge is 0.309 e. The Morgan fingerprint density at radius 2 is 1.05 bits per heavy atom. The van der Waals surface area contributed by atoms with Crippen molar-refractivity contribution < 1.29 is 0 Å². The molecule has 0 N–H and O–H groups in total. The lowest BCUT2D eigenvalue weighted by Gasteiger charge is -2.14. The number of hydrogen-bond acceptors (Lipinski definition) is 1. The van der Waals surface area contributed by atoms with Gasteiger partial charge in [0, 0.05) is 36.6 Å². The van der Waals surface area contributed by atoms with Gasteiger partial charge in [-0.25, -0.2) is 0 Å². The number of benzene rings is 7. The molecule has 2 heteroatoms. The van der Waals surface area contributed by atoms with Crippen molar-refractivity contribution in [1.82, 2.24) is 4.57 Å². The SMILES string of the molecule is C=Cc1c(C)c2ccccc2c2ccc(-c3ccc4sc5ccc(-n6c7ccccc7c7ccccc76)cc5c4c3)cc12. The number of fused-ring (bicyclic) bond motifs is 9. The summed E-state index contributed by atoms with van der Waals surface area (Å²) in [5, 5.41) is 10.3. The monoisotopic (exact) mass is 565 g/mol. The zero-order valence-corrected chi connectivity index (χ0v) is 24.6. The summed E-state index contributed by atoms with van der Waals surface area (Å²) in [6, 6.07) is 46.9. The van der Waals surface area contributed by atoms with Crippen molar-refractivity contribution in [2.24, 2.45) is 0 Å². The summed E-state index contributed by atoms with van der Waals surface area (Å²) in [5.41, 5.74) is 8.63. The predicted octanol–water partition coefficient (Wildman–Crippen LogP) is 12.1. The molecule has 0 fully saturated rings. The van der Waals surface area contributed by atoms with Crippen molar-refractivity contribution >= 4 is 80.9 Å². The molecule has 0 saturated carbocycles. The summed E-state index contributed by atoms with van der Waals surface area (Å²) in [6.07, 6.45) is 2.01. The van der Waals surface area contributed by atoms with Crippen molar-refractivity contribution in [2.75, 3.05) is 0 Å². The van der Waals surface area contributed by atoms with Crippen LogP contribution in [0.4, 0.5) is 0 Å². The molecule has 0 spiro atoms. The summed E-state index contributed by atoms with van der Waals surface area (Å²) < 4.78 is 5.03. The molecule has 0 saturated heterocycles. The van der Waals surface area contributed by atoms with Crippen LogP contribution in [-0.4, -0.2) is 4.57 Å². The van der Waals surface area contributed by atoms with Gasteiger partial charge >= 0.3 is 0 Å². The van der Waals surface area contributed by atoms with Crippen molar-refractivity contribution in [3.63, 3.8) is 0 Å². The van der Waals surface area contributed by atoms with E-state index in [9.17, 15) is 0 Å². The van der Waals surface area contributed by atoms with E-state index in [2.05, 4.69) is 145 Å². The molecule has 0 aliphatic rings. The highest BCUT2D eigenvalue weighted by molar-refractivity contribution is 7.25. The summed E-state index contributed by atoms with van der Waals surface area (Å²) in [5.74, 6) is 0. The first-order valence-corrected chi connectivity index (χ1v) is 15.5. The number of aromatic nitrogens is 1. The predicted molar refractivity (Wildman–Crippen MR) is 189 cm³/mol. The third-order valence-corrected chi connectivity index (χ3v) is 10.3. The molecule has 2 aromatic heterocycles. The molecule has 0 atom stereocenters. The fourth-order valence-corrected chi connectivity index (χ4v) is 8.19. The molecular weight excluding hydrogens is 539 g/mol. The zero-order valence-electron chi connectivity index (χ0n) is 23.8. The van der Waals surface area contributed by atoms with Crippen molar-refractivity contribution in [3.8, 4) is 16.8 Å². The van der Waals surface area contributed by atoms with Crippen molar-refractivity contribution in [3.05, 3.63) is 145 Å². The molecule has 2 heterocycles. The van der Waals surface area contributed by atoms with Gasteiger partial charge in [0.05, 0.1) is 11.0 Å². The number of hydrogen-bond donors (Lipinski definition) is 0. The fraction of sp³-hybridized carbons (Fsp3) is 0.0244. The van der Waals surface area contributed by atoms with E-state index in [1.807, 2.05) is 17.4 Å². The van der Waals surface area contributed by atoms with Gasteiger partial charge in [-0.1, -0.05) is 91.5 Å². The molecule has 43 heavy (non-hydrogen) atoms. The van der Waals surface area contributed by atoms with Gasteiger partial charge in [-0.15, -0.1) is 11.3 Å². The van der Waals surface area contributed by atoms with Crippen LogP contribution in [0.15, 0.2) is 134 Å². The second kappa shape index (κ2) is 9.16. The third kappa shape index (κ3) is 3.51. The van der Waals surface area contributed by atoms with E-state index in [4.69, 9.17) is 0 Å². The van der Waals surface area contributed by atoms with Gasteiger partial charge in [0.2, 0.25) is 0 Å². The molecule has 9 aromatic rings. The molecule has 0 radical (unpaired) electrons. The molecular formula is C41H27NS. The minimum absolute atomic E-state index is 1.19. The number of nitrogens with zero attached hydrogens (tertiary/aromatic N) is 1. The van der Waals surface area contributed by atoms with Gasteiger partial charge in [-0.3, -0.25) is 0 Å². The van der Waals surface area contributed by atoms with E-state index in [-0.39, 0.29) is 0 Å². The lowest BCUT2D eigenvalue weighted by atomic mass is 9.90. The number of thiophene rings is 1. The van der Waals surface area contributed by atoms with Crippen LogP contribution in [0, 0.1) is 6.92 Å². The molecule has 202 valence electrons. The third-order valence-electron chi connectivity index (χ3n) is 9.16. The van der Waals surface area contributed by atoms with E-state index in [0.717, 1.165) is 0 Å². The topological polar surface area (TPSA) is 4.93 Å². The van der Waals surface area contributed by atoms with E-state index in [1.54, 1.807) is 0 Å². The second-order valence-corrected chi connectivity index (χ2v) is 12.5. The number of rotatable bonds is 3. The fourth-order valence-electron chi connectivity index (χ4n) is 7.12. The quantitative estimate of drug-likeness (QED) is 0.188. The van der Waals surface area contributed by atoms with Crippen LogP contribution in [0.2, 0.25) is 0 Å². The maximum absolute atomic E-state index is 4.19. The summed E-state index contributed by atoms with van der Waals surface area (Å²) in [4.78, 5) is 0. The average Bonchev–Trinajstić information content (AvgIpc) is 3.60. The van der Waals surface area contributed by atoms with Gasteiger partial charge < -0.3 is 4.57 Å². The van der Waals surface area contributed by atoms with Crippen LogP contribution >= 0.6 is 11.3 Å². The van der Waals surface area contributed by atoms with E-state index in [0.29, 0.717) is 0 Å². The minimum atomic E-state index is 1.19. The first-order valence-electron chi connectivity index (χ1n) is 14.7. The van der Waals surface area contributed by atoms with Crippen LogP contribution in [0.25, 0.3) is 86.4 Å². The van der Waals surface area contributed by atoms with E-state index < -0.39 is 0 Å². The lowest BCUT2D eigenvalue weighted by Crippen LogP contribution is -1.93. The summed E-state index contributed by atoms with van der Waals surface area (Å²) in [6.45, 7) is 6.40. The van der Waals surface area contributed by atoms with Gasteiger partial charge in [0.25, 0.3) is 0 Å². The average molecular weight is 566 g/mol. The Balaban J connectivity index is 1.25. The first kappa shape index (κ1) is 24.4. The Hall–Kier alpha value is -5.18. The Morgan fingerprint density at radius 1 is 0.512 bits per heavy atom. The van der Waals surface area contributed by atoms with Crippen LogP contribution in [-0.2, 0) is 0 Å². The molecule has 1 nitrogen and oxygen atoms in total. The Kier molecular flexibility index (Phi) is 5.20. The second-order valence-electron chi connectivity index (χ2n) is 11.4. The van der Waals surface area contributed by atoms with Gasteiger partial charge in [-0.05, 0) is 99.3 Å².